The maximum atomic E-state index is 13.9. The van der Waals surface area contributed by atoms with E-state index in [9.17, 15) is 28.8 Å². The lowest BCUT2D eigenvalue weighted by Gasteiger charge is -2.29. The number of hydrogen-bond donors (Lipinski definition) is 8. The highest BCUT2D eigenvalue weighted by Crippen LogP contribution is 2.22. The molecule has 1 fully saturated rings. The monoisotopic (exact) mass is 768 g/mol. The summed E-state index contributed by atoms with van der Waals surface area (Å²) in [6.07, 6.45) is 6.91. The lowest BCUT2D eigenvalue weighted by atomic mass is 9.94. The number of para-hydroxylation sites is 1. The fourth-order valence-electron chi connectivity index (χ4n) is 6.99. The van der Waals surface area contributed by atoms with Crippen molar-refractivity contribution in [3.63, 3.8) is 0 Å². The Balaban J connectivity index is 1.25. The van der Waals surface area contributed by atoms with Crippen LogP contribution in [-0.2, 0) is 48.0 Å². The highest BCUT2D eigenvalue weighted by atomic mass is 16.2. The largest absolute Gasteiger partial charge is 0.368 e. The zero-order valence-corrected chi connectivity index (χ0v) is 31.5. The van der Waals surface area contributed by atoms with Gasteiger partial charge >= 0.3 is 0 Å². The number of aromatic nitrogens is 3. The number of Topliss-reactive ketones (excluding diaryl/α,β-unsaturated/α-hetero) is 1. The van der Waals surface area contributed by atoms with E-state index in [2.05, 4.69) is 30.9 Å². The molecule has 16 heteroatoms. The van der Waals surface area contributed by atoms with Crippen LogP contribution in [-0.4, -0.2) is 98.5 Å². The van der Waals surface area contributed by atoms with Gasteiger partial charge < -0.3 is 48.0 Å². The van der Waals surface area contributed by atoms with Crippen LogP contribution < -0.4 is 33.2 Å². The quantitative estimate of drug-likeness (QED) is 0.0549. The Morgan fingerprint density at radius 1 is 0.911 bits per heavy atom. The molecule has 11 N–H and O–H groups in total. The second kappa shape index (κ2) is 19.6. The number of unbranched alkanes of at least 4 members (excludes halogenated alkanes) is 1. The lowest BCUT2D eigenvalue weighted by molar-refractivity contribution is -0.140. The van der Waals surface area contributed by atoms with Crippen molar-refractivity contribution < 1.29 is 28.8 Å². The van der Waals surface area contributed by atoms with E-state index in [1.807, 2.05) is 54.6 Å². The maximum absolute atomic E-state index is 13.9. The van der Waals surface area contributed by atoms with Gasteiger partial charge in [0.1, 0.15) is 18.1 Å². The number of nitrogens with zero attached hydrogens (tertiary/aromatic N) is 2. The lowest BCUT2D eigenvalue weighted by Crippen LogP contribution is -2.55. The minimum Gasteiger partial charge on any atom is -0.368 e. The van der Waals surface area contributed by atoms with Crippen molar-refractivity contribution in [1.82, 2.24) is 35.8 Å². The fourth-order valence-corrected chi connectivity index (χ4v) is 6.99. The molecule has 0 bridgehead atoms. The average Bonchev–Trinajstić information content (AvgIpc) is 3.94. The molecule has 3 heterocycles. The highest BCUT2D eigenvalue weighted by Gasteiger charge is 2.41. The third-order valence-electron chi connectivity index (χ3n) is 10.2. The molecule has 5 rings (SSSR count). The first kappa shape index (κ1) is 41.3. The SMILES string of the molecule is C[C@H](CC(=O)[C@@H](Cc1c[nH]c2ccccc12)NC(=O)[C@@H](N)Cc1cnc[nH]1)C(=O)N[C@@H]1CCN([C@H](Cc2ccccc2)C(=O)N[C@@H](CCCCN)C(N)=O)C1=O. The Bertz CT molecular complexity index is 1970. The molecule has 0 saturated carbocycles. The van der Waals surface area contributed by atoms with E-state index in [1.165, 1.54) is 11.2 Å². The first-order valence-electron chi connectivity index (χ1n) is 19.0. The molecule has 5 amide bonds. The molecule has 2 aromatic heterocycles. The van der Waals surface area contributed by atoms with Crippen molar-refractivity contribution in [3.8, 4) is 0 Å². The molecule has 1 saturated heterocycles. The first-order chi connectivity index (χ1) is 26.9. The first-order valence-corrected chi connectivity index (χ1v) is 19.0. The molecule has 0 radical (unpaired) electrons. The molecular weight excluding hydrogens is 717 g/mol. The Labute approximate surface area is 325 Å². The van der Waals surface area contributed by atoms with Crippen molar-refractivity contribution in [2.45, 2.75) is 88.5 Å². The molecule has 56 heavy (non-hydrogen) atoms. The molecule has 4 aromatic rings. The second-order valence-corrected chi connectivity index (χ2v) is 14.4. The second-order valence-electron chi connectivity index (χ2n) is 14.4. The van der Waals surface area contributed by atoms with Gasteiger partial charge in [0.15, 0.2) is 5.78 Å². The number of aromatic amines is 2. The predicted octanol–water partition coefficient (Wildman–Crippen LogP) is 0.511. The van der Waals surface area contributed by atoms with Gasteiger partial charge in [-0.1, -0.05) is 55.5 Å². The summed E-state index contributed by atoms with van der Waals surface area (Å²) in [5.74, 6) is -3.97. The van der Waals surface area contributed by atoms with Crippen LogP contribution in [0.3, 0.4) is 0 Å². The fraction of sp³-hybridized carbons (Fsp3) is 0.425. The molecule has 0 aliphatic carbocycles. The number of amides is 5. The standard InChI is InChI=1S/C40H52N10O6/c1-24(17-35(51)33(19-26-21-45-30-12-6-5-11-28(26)30)49-38(54)29(42)20-27-22-44-23-46-27)37(53)48-32-14-16-50(40(32)56)34(18-25-9-3-2-4-10-25)39(55)47-31(36(43)52)13-7-8-15-41/h2-6,9-12,21-24,29,31-34,45H,7-8,13-20,41-42H2,1H3,(H2,43,52)(H,44,46)(H,47,55)(H,48,53)(H,49,54)/t24-,29+,31+,32-,33-,34-/m1/s1. The number of imidazole rings is 1. The zero-order valence-electron chi connectivity index (χ0n) is 31.5. The van der Waals surface area contributed by atoms with Gasteiger partial charge in [0, 0.05) is 67.1 Å². The van der Waals surface area contributed by atoms with E-state index in [1.54, 1.807) is 19.3 Å². The van der Waals surface area contributed by atoms with Crippen LogP contribution in [0.2, 0.25) is 0 Å². The molecule has 1 aliphatic heterocycles. The summed E-state index contributed by atoms with van der Waals surface area (Å²) in [7, 11) is 0. The topological polar surface area (TPSA) is 264 Å². The van der Waals surface area contributed by atoms with Gasteiger partial charge in [-0.25, -0.2) is 4.98 Å². The summed E-state index contributed by atoms with van der Waals surface area (Å²) < 4.78 is 0. The number of nitrogens with one attached hydrogen (secondary N) is 5. The van der Waals surface area contributed by atoms with Crippen LogP contribution in [0.25, 0.3) is 10.9 Å². The summed E-state index contributed by atoms with van der Waals surface area (Å²) in [5.41, 5.74) is 20.6. The molecule has 2 aromatic carbocycles. The van der Waals surface area contributed by atoms with Crippen molar-refractivity contribution >= 4 is 46.2 Å². The molecule has 16 nitrogen and oxygen atoms in total. The summed E-state index contributed by atoms with van der Waals surface area (Å²) in [6.45, 7) is 2.19. The van der Waals surface area contributed by atoms with Crippen molar-refractivity contribution in [3.05, 3.63) is 90.1 Å². The van der Waals surface area contributed by atoms with Crippen LogP contribution in [0.4, 0.5) is 0 Å². The van der Waals surface area contributed by atoms with E-state index in [-0.39, 0.29) is 44.4 Å². The predicted molar refractivity (Wildman–Crippen MR) is 209 cm³/mol. The Hall–Kier alpha value is -5.87. The molecular formula is C40H52N10O6. The maximum Gasteiger partial charge on any atom is 0.245 e. The van der Waals surface area contributed by atoms with Gasteiger partial charge in [0.05, 0.1) is 18.4 Å². The van der Waals surface area contributed by atoms with Crippen molar-refractivity contribution in [2.24, 2.45) is 23.1 Å². The third-order valence-corrected chi connectivity index (χ3v) is 10.2. The van der Waals surface area contributed by atoms with Crippen LogP contribution in [0.15, 0.2) is 73.3 Å². The molecule has 298 valence electrons. The summed E-state index contributed by atoms with van der Waals surface area (Å²) in [4.78, 5) is 92.0. The van der Waals surface area contributed by atoms with Crippen molar-refractivity contribution in [1.29, 1.82) is 0 Å². The molecule has 1 aliphatic rings. The molecule has 0 unspecified atom stereocenters. The Morgan fingerprint density at radius 3 is 2.36 bits per heavy atom. The Morgan fingerprint density at radius 2 is 1.64 bits per heavy atom. The van der Waals surface area contributed by atoms with Crippen LogP contribution >= 0.6 is 0 Å². The number of benzene rings is 2. The number of ketones is 1. The number of likely N-dealkylation sites (tertiary alicyclic amines) is 1. The van der Waals surface area contributed by atoms with Gasteiger partial charge in [-0.3, -0.25) is 28.8 Å². The number of carbonyl (C=O) groups excluding carboxylic acids is 6. The van der Waals surface area contributed by atoms with E-state index >= 15 is 0 Å². The van der Waals surface area contributed by atoms with Crippen LogP contribution in [0, 0.1) is 5.92 Å². The van der Waals surface area contributed by atoms with Gasteiger partial charge in [0.2, 0.25) is 29.5 Å². The number of hydrogen-bond acceptors (Lipinski definition) is 9. The van der Waals surface area contributed by atoms with E-state index in [0.29, 0.717) is 31.5 Å². The number of nitrogens with two attached hydrogens (primary N) is 3. The minimum atomic E-state index is -0.995. The number of carbonyl (C=O) groups is 6. The van der Waals surface area contributed by atoms with E-state index in [0.717, 1.165) is 22.0 Å². The minimum absolute atomic E-state index is 0.157. The normalized spacial score (nSPS) is 16.8. The summed E-state index contributed by atoms with van der Waals surface area (Å²) >= 11 is 0. The molecule has 6 atom stereocenters. The summed E-state index contributed by atoms with van der Waals surface area (Å²) in [5, 5.41) is 9.23. The number of primary amides is 1. The van der Waals surface area contributed by atoms with Crippen LogP contribution in [0.5, 0.6) is 0 Å². The number of rotatable bonds is 21. The van der Waals surface area contributed by atoms with Gasteiger partial charge in [-0.05, 0) is 49.4 Å². The average molecular weight is 769 g/mol. The van der Waals surface area contributed by atoms with Gasteiger partial charge in [-0.2, -0.15) is 0 Å². The number of fused-ring (bicyclic) bond motifs is 1. The van der Waals surface area contributed by atoms with Crippen molar-refractivity contribution in [2.75, 3.05) is 13.1 Å². The van der Waals surface area contributed by atoms with E-state index < -0.39 is 65.7 Å². The van der Waals surface area contributed by atoms with Crippen LogP contribution in [0.1, 0.15) is 55.8 Å². The summed E-state index contributed by atoms with van der Waals surface area (Å²) in [6, 6.07) is 12.0. The van der Waals surface area contributed by atoms with Gasteiger partial charge in [-0.15, -0.1) is 0 Å². The third kappa shape index (κ3) is 10.9. The smallest absolute Gasteiger partial charge is 0.245 e. The van der Waals surface area contributed by atoms with E-state index in [4.69, 9.17) is 17.2 Å². The molecule has 0 spiro atoms. The zero-order chi connectivity index (χ0) is 40.2. The number of H-pyrrole nitrogens is 2. The van der Waals surface area contributed by atoms with Gasteiger partial charge in [0.25, 0.3) is 0 Å². The Kier molecular flexibility index (Phi) is 14.5. The highest BCUT2D eigenvalue weighted by molar-refractivity contribution is 5.97.